The van der Waals surface area contributed by atoms with Gasteiger partial charge in [0.2, 0.25) is 0 Å². The molecule has 0 aliphatic carbocycles. The minimum Gasteiger partial charge on any atom is -0.508 e. The highest BCUT2D eigenvalue weighted by Crippen LogP contribution is 2.57. The van der Waals surface area contributed by atoms with Gasteiger partial charge in [0.05, 0.1) is 5.56 Å². The first-order valence-corrected chi connectivity index (χ1v) is 13.2. The summed E-state index contributed by atoms with van der Waals surface area (Å²) >= 11 is 7.21. The molecule has 3 aromatic rings. The van der Waals surface area contributed by atoms with Gasteiger partial charge in [0.25, 0.3) is 0 Å². The average molecular weight is 630 g/mol. The lowest BCUT2D eigenvalue weighted by atomic mass is 9.77. The Labute approximate surface area is 232 Å². The average Bonchev–Trinajstić information content (AvgIpc) is 3.13. The maximum Gasteiger partial charge on any atom is 0.340 e. The molecule has 1 spiro atoms. The Morgan fingerprint density at radius 3 is 2.22 bits per heavy atom. The number of unbranched alkanes of at least 4 members (excludes halogenated alkanes) is 2. The Morgan fingerprint density at radius 1 is 0.919 bits per heavy atom. The number of nitrogens with one attached hydrogen (secondary N) is 2. The lowest BCUT2D eigenvalue weighted by Gasteiger charge is -2.36. The number of phenolic OH excluding ortho intramolecular Hbond substituents is 2. The summed E-state index contributed by atoms with van der Waals surface area (Å²) in [4.78, 5) is 24.2. The van der Waals surface area contributed by atoms with Gasteiger partial charge in [-0.05, 0) is 84.0 Å². The number of carbonyl (C=O) groups is 2. The normalized spacial score (nSPS) is 14.1. The van der Waals surface area contributed by atoms with Gasteiger partial charge in [0, 0.05) is 47.5 Å². The summed E-state index contributed by atoms with van der Waals surface area (Å²) in [6, 6.07) is 14.6. The van der Waals surface area contributed by atoms with E-state index in [0.717, 1.165) is 19.3 Å². The highest BCUT2D eigenvalue weighted by Gasteiger charge is 2.53. The molecule has 190 valence electrons. The number of hydrogen-bond acceptors (Lipinski definition) is 7. The number of hydrogen-bond donors (Lipinski definition) is 4. The zero-order chi connectivity index (χ0) is 26.2. The van der Waals surface area contributed by atoms with Crippen molar-refractivity contribution in [2.45, 2.75) is 31.3 Å². The topological polar surface area (TPSA) is 117 Å². The number of fused-ring (bicyclic) bond motifs is 6. The Hall–Kier alpha value is -3.38. The number of anilines is 1. The second kappa shape index (κ2) is 10.2. The zero-order valence-electron chi connectivity index (χ0n) is 19.5. The standard InChI is InChI=1S/C27H23IN2O6S/c28-24(33)4-2-1-3-11-29-26(37)30-15-5-8-19-18(12-15)25(34)36-27(19)20-9-6-16(31)13-22(20)35-23-14-17(32)7-10-21(23)27/h5-10,12-14,31-32H,1-4,11H2,(H2,29,30,37). The molecule has 0 atom stereocenters. The molecule has 0 saturated heterocycles. The number of benzene rings is 3. The Bertz CT molecular complexity index is 1370. The molecule has 8 nitrogen and oxygen atoms in total. The Balaban J connectivity index is 1.41. The summed E-state index contributed by atoms with van der Waals surface area (Å²) in [6.45, 7) is 0.671. The van der Waals surface area contributed by atoms with Crippen LogP contribution < -0.4 is 15.4 Å². The molecule has 0 bridgehead atoms. The number of esters is 1. The third kappa shape index (κ3) is 4.82. The second-order valence-corrected chi connectivity index (χ2v) is 10.5. The van der Waals surface area contributed by atoms with Crippen LogP contribution in [0.2, 0.25) is 0 Å². The second-order valence-electron chi connectivity index (χ2n) is 8.84. The first-order chi connectivity index (χ1) is 17.8. The van der Waals surface area contributed by atoms with E-state index in [0.29, 0.717) is 57.5 Å². The summed E-state index contributed by atoms with van der Waals surface area (Å²) in [6.07, 6.45) is 3.25. The Kier molecular flexibility index (Phi) is 6.95. The highest BCUT2D eigenvalue weighted by atomic mass is 127. The van der Waals surface area contributed by atoms with Crippen LogP contribution in [0, 0.1) is 0 Å². The van der Waals surface area contributed by atoms with Crippen molar-refractivity contribution in [1.29, 1.82) is 0 Å². The molecule has 0 fully saturated rings. The van der Waals surface area contributed by atoms with Crippen molar-refractivity contribution < 1.29 is 29.3 Å². The fraction of sp³-hybridized carbons (Fsp3) is 0.222. The molecule has 0 amide bonds. The van der Waals surface area contributed by atoms with Crippen molar-refractivity contribution in [2.75, 3.05) is 11.9 Å². The van der Waals surface area contributed by atoms with Gasteiger partial charge in [0.1, 0.15) is 23.0 Å². The molecule has 4 N–H and O–H groups in total. The van der Waals surface area contributed by atoms with Crippen LogP contribution in [0.1, 0.15) is 52.7 Å². The van der Waals surface area contributed by atoms with Crippen molar-refractivity contribution in [3.05, 3.63) is 76.9 Å². The van der Waals surface area contributed by atoms with Gasteiger partial charge < -0.3 is 30.3 Å². The van der Waals surface area contributed by atoms with Crippen molar-refractivity contribution in [3.63, 3.8) is 0 Å². The van der Waals surface area contributed by atoms with Gasteiger partial charge in [-0.15, -0.1) is 0 Å². The van der Waals surface area contributed by atoms with E-state index < -0.39 is 11.6 Å². The van der Waals surface area contributed by atoms with E-state index in [9.17, 15) is 19.8 Å². The predicted octanol–water partition coefficient (Wildman–Crippen LogP) is 5.47. The fourth-order valence-corrected chi connectivity index (χ4v) is 5.33. The smallest absolute Gasteiger partial charge is 0.340 e. The van der Waals surface area contributed by atoms with Gasteiger partial charge in [-0.2, -0.15) is 0 Å². The fourth-order valence-electron chi connectivity index (χ4n) is 4.73. The number of ether oxygens (including phenoxy) is 2. The van der Waals surface area contributed by atoms with Crippen LogP contribution in [0.4, 0.5) is 5.69 Å². The van der Waals surface area contributed by atoms with E-state index in [1.165, 1.54) is 24.3 Å². The molecular weight excluding hydrogens is 607 g/mol. The SMILES string of the molecule is O=C(I)CCCCCNC(=S)Nc1ccc2c(c1)C(=O)OC21c2ccc(O)cc2Oc2cc(O)ccc21. The van der Waals surface area contributed by atoms with Gasteiger partial charge in [0.15, 0.2) is 14.5 Å². The first-order valence-electron chi connectivity index (χ1n) is 11.7. The van der Waals surface area contributed by atoms with Gasteiger partial charge in [-0.25, -0.2) is 4.79 Å². The van der Waals surface area contributed by atoms with E-state index in [4.69, 9.17) is 21.7 Å². The Morgan fingerprint density at radius 2 is 1.57 bits per heavy atom. The predicted molar refractivity (Wildman–Crippen MR) is 150 cm³/mol. The monoisotopic (exact) mass is 630 g/mol. The van der Waals surface area contributed by atoms with E-state index in [-0.39, 0.29) is 15.3 Å². The van der Waals surface area contributed by atoms with Crippen molar-refractivity contribution in [3.8, 4) is 23.0 Å². The minimum atomic E-state index is -1.30. The van der Waals surface area contributed by atoms with E-state index in [2.05, 4.69) is 10.6 Å². The molecule has 2 aliphatic heterocycles. The number of carbonyl (C=O) groups excluding carboxylic acids is 2. The molecule has 0 unspecified atom stereocenters. The number of phenols is 2. The number of rotatable bonds is 7. The molecular formula is C27H23IN2O6S. The zero-order valence-corrected chi connectivity index (χ0v) is 22.5. The molecule has 0 saturated carbocycles. The third-order valence-electron chi connectivity index (χ3n) is 6.37. The molecule has 2 heterocycles. The number of aromatic hydroxyl groups is 2. The molecule has 37 heavy (non-hydrogen) atoms. The lowest BCUT2D eigenvalue weighted by Crippen LogP contribution is -2.33. The number of halogens is 1. The summed E-state index contributed by atoms with van der Waals surface area (Å²) in [5.41, 5.74) is 1.46. The van der Waals surface area contributed by atoms with Crippen LogP contribution in [0.25, 0.3) is 0 Å². The van der Waals surface area contributed by atoms with Crippen LogP contribution >= 0.6 is 34.8 Å². The first kappa shape index (κ1) is 25.3. The van der Waals surface area contributed by atoms with Crippen molar-refractivity contribution in [2.24, 2.45) is 0 Å². The summed E-state index contributed by atoms with van der Waals surface area (Å²) in [7, 11) is 0. The molecule has 0 aromatic heterocycles. The molecule has 3 aromatic carbocycles. The molecule has 10 heteroatoms. The quantitative estimate of drug-likeness (QED) is 0.0887. The molecule has 0 radical (unpaired) electrons. The minimum absolute atomic E-state index is 0.00102. The van der Waals surface area contributed by atoms with Crippen molar-refractivity contribution in [1.82, 2.24) is 5.32 Å². The van der Waals surface area contributed by atoms with Gasteiger partial charge in [-0.1, -0.05) is 12.5 Å². The highest BCUT2D eigenvalue weighted by molar-refractivity contribution is 14.1. The lowest BCUT2D eigenvalue weighted by molar-refractivity contribution is -0.109. The van der Waals surface area contributed by atoms with E-state index in [1.54, 1.807) is 18.2 Å². The van der Waals surface area contributed by atoms with Gasteiger partial charge >= 0.3 is 5.97 Å². The third-order valence-corrected chi connectivity index (χ3v) is 7.15. The maximum atomic E-state index is 13.2. The summed E-state index contributed by atoms with van der Waals surface area (Å²) < 4.78 is 12.2. The number of thiocarbonyl (C=S) groups is 1. The summed E-state index contributed by atoms with van der Waals surface area (Å²) in [5, 5.41) is 26.8. The van der Waals surface area contributed by atoms with E-state index >= 15 is 0 Å². The van der Waals surface area contributed by atoms with Crippen LogP contribution in [0.3, 0.4) is 0 Å². The summed E-state index contributed by atoms with van der Waals surface area (Å²) in [5.74, 6) is 0.146. The van der Waals surface area contributed by atoms with Gasteiger partial charge in [-0.3, -0.25) is 4.79 Å². The van der Waals surface area contributed by atoms with Crippen LogP contribution in [0.15, 0.2) is 54.6 Å². The van der Waals surface area contributed by atoms with Crippen LogP contribution in [-0.4, -0.2) is 31.6 Å². The maximum absolute atomic E-state index is 13.2. The van der Waals surface area contributed by atoms with E-state index in [1.807, 2.05) is 34.7 Å². The van der Waals surface area contributed by atoms with Crippen molar-refractivity contribution >= 4 is 55.4 Å². The largest absolute Gasteiger partial charge is 0.508 e. The molecule has 2 aliphatic rings. The van der Waals surface area contributed by atoms with Crippen LogP contribution in [0.5, 0.6) is 23.0 Å². The molecule has 5 rings (SSSR count). The van der Waals surface area contributed by atoms with Crippen LogP contribution in [-0.2, 0) is 15.1 Å².